The molecule has 124 valence electrons. The molecule has 0 N–H and O–H groups in total. The van der Waals surface area contributed by atoms with Crippen LogP contribution in [0.4, 0.5) is 4.79 Å². The van der Waals surface area contributed by atoms with E-state index in [9.17, 15) is 9.59 Å². The van der Waals surface area contributed by atoms with E-state index in [1.807, 2.05) is 21.9 Å². The van der Waals surface area contributed by atoms with Gasteiger partial charge in [0.05, 0.1) is 12.2 Å². The van der Waals surface area contributed by atoms with Gasteiger partial charge in [-0.15, -0.1) is 0 Å². The van der Waals surface area contributed by atoms with E-state index >= 15 is 0 Å². The molecule has 3 amide bonds. The molecule has 24 heavy (non-hydrogen) atoms. The lowest BCUT2D eigenvalue weighted by atomic mass is 10.2. The molecule has 0 radical (unpaired) electrons. The van der Waals surface area contributed by atoms with Gasteiger partial charge in [0, 0.05) is 51.2 Å². The summed E-state index contributed by atoms with van der Waals surface area (Å²) < 4.78 is 4.94. The third-order valence-corrected chi connectivity index (χ3v) is 4.46. The molecule has 0 saturated carbocycles. The second-order valence-electron chi connectivity index (χ2n) is 6.00. The molecule has 8 heteroatoms. The molecule has 0 unspecified atom stereocenters. The molecule has 2 fully saturated rings. The van der Waals surface area contributed by atoms with E-state index in [4.69, 9.17) is 4.52 Å². The fraction of sp³-hybridized carbons (Fsp3) is 0.375. The van der Waals surface area contributed by atoms with E-state index < -0.39 is 0 Å². The minimum Gasteiger partial charge on any atom is -0.351 e. The highest BCUT2D eigenvalue weighted by Gasteiger charge is 2.41. The Morgan fingerprint density at radius 1 is 1.25 bits per heavy atom. The van der Waals surface area contributed by atoms with E-state index in [2.05, 4.69) is 10.1 Å². The van der Waals surface area contributed by atoms with Gasteiger partial charge in [0.2, 0.25) is 5.76 Å². The third-order valence-electron chi connectivity index (χ3n) is 4.46. The molecule has 2 aromatic heterocycles. The Morgan fingerprint density at radius 2 is 2.17 bits per heavy atom. The van der Waals surface area contributed by atoms with Gasteiger partial charge in [-0.25, -0.2) is 4.79 Å². The van der Waals surface area contributed by atoms with E-state index in [1.54, 1.807) is 23.4 Å². The summed E-state index contributed by atoms with van der Waals surface area (Å²) in [5, 5.41) is 3.57. The van der Waals surface area contributed by atoms with Gasteiger partial charge in [-0.1, -0.05) is 11.2 Å². The summed E-state index contributed by atoms with van der Waals surface area (Å²) in [7, 11) is 0. The predicted octanol–water partition coefficient (Wildman–Crippen LogP) is 0.832. The Labute approximate surface area is 138 Å². The Balaban J connectivity index is 1.43. The molecule has 8 nitrogen and oxygen atoms in total. The number of fused-ring (bicyclic) bond motifs is 1. The van der Waals surface area contributed by atoms with Crippen LogP contribution < -0.4 is 0 Å². The van der Waals surface area contributed by atoms with Crippen molar-refractivity contribution in [3.63, 3.8) is 0 Å². The van der Waals surface area contributed by atoms with Crippen LogP contribution in [0, 0.1) is 0 Å². The van der Waals surface area contributed by atoms with E-state index in [0.717, 1.165) is 5.56 Å². The summed E-state index contributed by atoms with van der Waals surface area (Å²) in [5.41, 5.74) is 1.00. The highest BCUT2D eigenvalue weighted by Crippen LogP contribution is 2.23. The topological polar surface area (TPSA) is 82.8 Å². The number of hydrogen-bond donors (Lipinski definition) is 0. The fourth-order valence-electron chi connectivity index (χ4n) is 3.29. The van der Waals surface area contributed by atoms with Crippen molar-refractivity contribution < 1.29 is 14.1 Å². The summed E-state index contributed by atoms with van der Waals surface area (Å²) in [6, 6.07) is 5.41. The van der Waals surface area contributed by atoms with Gasteiger partial charge in [-0.3, -0.25) is 9.78 Å². The zero-order chi connectivity index (χ0) is 16.5. The molecular formula is C16H17N5O3. The Bertz CT molecular complexity index is 733. The Morgan fingerprint density at radius 3 is 2.92 bits per heavy atom. The van der Waals surface area contributed by atoms with Gasteiger partial charge >= 0.3 is 6.03 Å². The van der Waals surface area contributed by atoms with Gasteiger partial charge in [-0.05, 0) is 11.6 Å². The van der Waals surface area contributed by atoms with E-state index in [1.165, 1.54) is 6.20 Å². The number of urea groups is 1. The standard InChI is InChI=1S/C16H17N5O3/c22-15(14-3-5-18-24-14)19-6-7-21-13(10-19)11-20(16(21)23)9-12-2-1-4-17-8-12/h1-5,8,13H,6-7,9-11H2/t13-/m1/s1. The van der Waals surface area contributed by atoms with Gasteiger partial charge in [-0.2, -0.15) is 0 Å². The second-order valence-corrected chi connectivity index (χ2v) is 6.00. The van der Waals surface area contributed by atoms with Crippen LogP contribution in [0.15, 0.2) is 41.3 Å². The first-order valence-corrected chi connectivity index (χ1v) is 7.87. The van der Waals surface area contributed by atoms with Crippen molar-refractivity contribution in [2.75, 3.05) is 26.2 Å². The Hall–Kier alpha value is -2.90. The number of rotatable bonds is 3. The SMILES string of the molecule is O=C(c1ccno1)N1CCN2C(=O)N(Cc3cccnc3)C[C@H]2C1. The van der Waals surface area contributed by atoms with Gasteiger partial charge in [0.1, 0.15) is 0 Å². The minimum absolute atomic E-state index is 0.00907. The summed E-state index contributed by atoms with van der Waals surface area (Å²) >= 11 is 0. The molecule has 4 rings (SSSR count). The van der Waals surface area contributed by atoms with Crippen molar-refractivity contribution in [3.8, 4) is 0 Å². The molecule has 2 aromatic rings. The zero-order valence-electron chi connectivity index (χ0n) is 13.0. The Kier molecular flexibility index (Phi) is 3.64. The number of amides is 3. The maximum absolute atomic E-state index is 12.5. The number of carbonyl (C=O) groups excluding carboxylic acids is 2. The first-order valence-electron chi connectivity index (χ1n) is 7.87. The van der Waals surface area contributed by atoms with Crippen molar-refractivity contribution in [3.05, 3.63) is 48.1 Å². The average Bonchev–Trinajstić information content (AvgIpc) is 3.24. The number of piperazine rings is 1. The summed E-state index contributed by atoms with van der Waals surface area (Å²) in [4.78, 5) is 34.4. The molecule has 0 spiro atoms. The normalized spacial score (nSPS) is 20.4. The zero-order valence-corrected chi connectivity index (χ0v) is 13.0. The van der Waals surface area contributed by atoms with Gasteiger partial charge < -0.3 is 19.2 Å². The third kappa shape index (κ3) is 2.60. The van der Waals surface area contributed by atoms with Gasteiger partial charge in [0.25, 0.3) is 5.91 Å². The molecule has 2 aliphatic rings. The molecule has 4 heterocycles. The number of aromatic nitrogens is 2. The predicted molar refractivity (Wildman–Crippen MR) is 82.9 cm³/mol. The van der Waals surface area contributed by atoms with E-state index in [0.29, 0.717) is 32.7 Å². The number of pyridine rings is 1. The summed E-state index contributed by atoms with van der Waals surface area (Å²) in [6.07, 6.45) is 4.94. The molecule has 2 aliphatic heterocycles. The molecule has 0 bridgehead atoms. The van der Waals surface area contributed by atoms with Crippen molar-refractivity contribution in [2.45, 2.75) is 12.6 Å². The molecule has 2 saturated heterocycles. The maximum Gasteiger partial charge on any atom is 0.320 e. The quantitative estimate of drug-likeness (QED) is 0.834. The van der Waals surface area contributed by atoms with Crippen LogP contribution in [0.2, 0.25) is 0 Å². The van der Waals surface area contributed by atoms with Crippen molar-refractivity contribution in [1.29, 1.82) is 0 Å². The molecule has 0 aromatic carbocycles. The number of carbonyl (C=O) groups is 2. The molecule has 0 aliphatic carbocycles. The summed E-state index contributed by atoms with van der Waals surface area (Å²) in [5.74, 6) is 0.0605. The first kappa shape index (κ1) is 14.7. The smallest absolute Gasteiger partial charge is 0.320 e. The van der Waals surface area contributed by atoms with Crippen molar-refractivity contribution in [2.24, 2.45) is 0 Å². The highest BCUT2D eigenvalue weighted by molar-refractivity contribution is 5.91. The van der Waals surface area contributed by atoms with Crippen LogP contribution in [-0.4, -0.2) is 69.0 Å². The van der Waals surface area contributed by atoms with Crippen LogP contribution in [0.25, 0.3) is 0 Å². The summed E-state index contributed by atoms with van der Waals surface area (Å²) in [6.45, 7) is 2.69. The largest absolute Gasteiger partial charge is 0.351 e. The monoisotopic (exact) mass is 327 g/mol. The minimum atomic E-state index is -0.176. The molecule has 1 atom stereocenters. The first-order chi connectivity index (χ1) is 11.7. The molecular weight excluding hydrogens is 310 g/mol. The maximum atomic E-state index is 12.5. The average molecular weight is 327 g/mol. The van der Waals surface area contributed by atoms with E-state index in [-0.39, 0.29) is 23.7 Å². The van der Waals surface area contributed by atoms with Crippen LogP contribution in [0.1, 0.15) is 16.1 Å². The van der Waals surface area contributed by atoms with Crippen molar-refractivity contribution >= 4 is 11.9 Å². The van der Waals surface area contributed by atoms with Crippen LogP contribution >= 0.6 is 0 Å². The highest BCUT2D eigenvalue weighted by atomic mass is 16.5. The fourth-order valence-corrected chi connectivity index (χ4v) is 3.29. The van der Waals surface area contributed by atoms with Crippen LogP contribution in [-0.2, 0) is 6.54 Å². The lowest BCUT2D eigenvalue weighted by Gasteiger charge is -2.35. The lowest BCUT2D eigenvalue weighted by Crippen LogP contribution is -2.53. The number of hydrogen-bond acceptors (Lipinski definition) is 5. The lowest BCUT2D eigenvalue weighted by molar-refractivity contribution is 0.0577. The van der Waals surface area contributed by atoms with Crippen LogP contribution in [0.3, 0.4) is 0 Å². The van der Waals surface area contributed by atoms with Crippen molar-refractivity contribution in [1.82, 2.24) is 24.8 Å². The second kappa shape index (κ2) is 5.95. The van der Waals surface area contributed by atoms with Crippen LogP contribution in [0.5, 0.6) is 0 Å². The number of nitrogens with zero attached hydrogens (tertiary/aromatic N) is 5. The van der Waals surface area contributed by atoms with Gasteiger partial charge in [0.15, 0.2) is 0 Å².